The largest absolute Gasteiger partial charge is 0.443 e. The first-order chi connectivity index (χ1) is 8.28. The van der Waals surface area contributed by atoms with Gasteiger partial charge in [0.2, 0.25) is 0 Å². The molecule has 2 aromatic rings. The lowest BCUT2D eigenvalue weighted by molar-refractivity contribution is 0.0544. The van der Waals surface area contributed by atoms with Crippen molar-refractivity contribution in [1.29, 1.82) is 0 Å². The summed E-state index contributed by atoms with van der Waals surface area (Å²) in [5, 5.41) is 0.742. The van der Waals surface area contributed by atoms with Gasteiger partial charge in [0.1, 0.15) is 11.4 Å². The minimum Gasteiger partial charge on any atom is -0.443 e. The number of carbonyl (C=O) groups is 1. The van der Waals surface area contributed by atoms with E-state index in [1.54, 1.807) is 26.8 Å². The Labute approximate surface area is 109 Å². The maximum absolute atomic E-state index is 13.2. The normalized spacial score (nSPS) is 11.8. The molecule has 0 aliphatic carbocycles. The van der Waals surface area contributed by atoms with Crippen molar-refractivity contribution >= 4 is 28.6 Å². The zero-order valence-electron chi connectivity index (χ0n) is 10.3. The third kappa shape index (κ3) is 2.48. The van der Waals surface area contributed by atoms with E-state index in [4.69, 9.17) is 16.3 Å². The number of ether oxygens (including phenoxy) is 1. The molecule has 96 valence electrons. The molecular formula is C13H13ClFNO2. The highest BCUT2D eigenvalue weighted by Gasteiger charge is 2.20. The minimum atomic E-state index is -0.597. The van der Waals surface area contributed by atoms with E-state index in [0.717, 1.165) is 0 Å². The fourth-order valence-electron chi connectivity index (χ4n) is 1.66. The van der Waals surface area contributed by atoms with Crippen LogP contribution in [0.1, 0.15) is 20.8 Å². The quantitative estimate of drug-likeness (QED) is 0.717. The molecule has 0 atom stereocenters. The predicted molar refractivity (Wildman–Crippen MR) is 68.5 cm³/mol. The van der Waals surface area contributed by atoms with Crippen LogP contribution in [-0.2, 0) is 4.74 Å². The SMILES string of the molecule is CC(C)(C)OC(=O)n1ccc2cc(F)cc(Cl)c21. The number of hydrogen-bond acceptors (Lipinski definition) is 2. The van der Waals surface area contributed by atoms with Gasteiger partial charge >= 0.3 is 6.09 Å². The molecule has 0 N–H and O–H groups in total. The number of carbonyl (C=O) groups excluding carboxylic acids is 1. The van der Waals surface area contributed by atoms with E-state index < -0.39 is 17.5 Å². The van der Waals surface area contributed by atoms with Crippen LogP contribution in [0.15, 0.2) is 24.4 Å². The van der Waals surface area contributed by atoms with E-state index >= 15 is 0 Å². The van der Waals surface area contributed by atoms with Gasteiger partial charge in [0, 0.05) is 11.6 Å². The van der Waals surface area contributed by atoms with Crippen molar-refractivity contribution in [2.75, 3.05) is 0 Å². The molecule has 0 fully saturated rings. The summed E-state index contributed by atoms with van der Waals surface area (Å²) in [7, 11) is 0. The van der Waals surface area contributed by atoms with Gasteiger partial charge < -0.3 is 4.74 Å². The number of nitrogens with zero attached hydrogens (tertiary/aromatic N) is 1. The molecule has 0 saturated carbocycles. The Hall–Kier alpha value is -1.55. The zero-order valence-corrected chi connectivity index (χ0v) is 11.1. The van der Waals surface area contributed by atoms with Crippen LogP contribution in [0.4, 0.5) is 9.18 Å². The van der Waals surface area contributed by atoms with Crippen LogP contribution < -0.4 is 0 Å². The molecule has 5 heteroatoms. The Morgan fingerprint density at radius 3 is 2.67 bits per heavy atom. The van der Waals surface area contributed by atoms with Crippen molar-refractivity contribution in [1.82, 2.24) is 4.57 Å². The first kappa shape index (κ1) is 12.9. The van der Waals surface area contributed by atoms with Gasteiger partial charge in [0.15, 0.2) is 0 Å². The highest BCUT2D eigenvalue weighted by Crippen LogP contribution is 2.26. The summed E-state index contributed by atoms with van der Waals surface area (Å²) in [6.07, 6.45) is 0.982. The molecule has 0 aliphatic rings. The van der Waals surface area contributed by atoms with Crippen LogP contribution in [0.3, 0.4) is 0 Å². The van der Waals surface area contributed by atoms with E-state index in [1.807, 2.05) is 0 Å². The van der Waals surface area contributed by atoms with Crippen LogP contribution in [0, 0.1) is 5.82 Å². The topological polar surface area (TPSA) is 31.2 Å². The molecule has 3 nitrogen and oxygen atoms in total. The molecule has 1 aromatic carbocycles. The van der Waals surface area contributed by atoms with Crippen molar-refractivity contribution in [3.63, 3.8) is 0 Å². The van der Waals surface area contributed by atoms with Crippen molar-refractivity contribution in [3.8, 4) is 0 Å². The van der Waals surface area contributed by atoms with Gasteiger partial charge in [-0.15, -0.1) is 0 Å². The molecule has 18 heavy (non-hydrogen) atoms. The van der Waals surface area contributed by atoms with Crippen molar-refractivity contribution in [2.45, 2.75) is 26.4 Å². The lowest BCUT2D eigenvalue weighted by atomic mass is 10.2. The maximum Gasteiger partial charge on any atom is 0.419 e. The first-order valence-electron chi connectivity index (χ1n) is 5.47. The van der Waals surface area contributed by atoms with E-state index in [1.165, 1.54) is 22.9 Å². The first-order valence-corrected chi connectivity index (χ1v) is 5.85. The molecule has 1 heterocycles. The van der Waals surface area contributed by atoms with Gasteiger partial charge in [-0.1, -0.05) is 11.6 Å². The standard InChI is InChI=1S/C13H13ClFNO2/c1-13(2,3)18-12(17)16-5-4-8-6-9(15)7-10(14)11(8)16/h4-7H,1-3H3. The summed E-state index contributed by atoms with van der Waals surface area (Å²) in [4.78, 5) is 12.0. The fourth-order valence-corrected chi connectivity index (χ4v) is 1.96. The molecule has 0 amide bonds. The van der Waals surface area contributed by atoms with Crippen LogP contribution in [0.5, 0.6) is 0 Å². The van der Waals surface area contributed by atoms with Crippen LogP contribution in [0.25, 0.3) is 10.9 Å². The molecule has 0 radical (unpaired) electrons. The van der Waals surface area contributed by atoms with Crippen molar-refractivity contribution < 1.29 is 13.9 Å². The van der Waals surface area contributed by atoms with E-state index in [-0.39, 0.29) is 5.02 Å². The van der Waals surface area contributed by atoms with Crippen LogP contribution in [0.2, 0.25) is 5.02 Å². The average molecular weight is 270 g/mol. The second-order valence-corrected chi connectivity index (χ2v) is 5.40. The third-order valence-corrected chi connectivity index (χ3v) is 2.58. The average Bonchev–Trinajstić information content (AvgIpc) is 2.58. The highest BCUT2D eigenvalue weighted by atomic mass is 35.5. The Morgan fingerprint density at radius 1 is 1.39 bits per heavy atom. The molecule has 2 rings (SSSR count). The number of benzene rings is 1. The summed E-state index contributed by atoms with van der Waals surface area (Å²) in [5.41, 5.74) is -0.146. The molecule has 0 unspecified atom stereocenters. The number of aromatic nitrogens is 1. The second-order valence-electron chi connectivity index (χ2n) is 4.99. The molecule has 0 spiro atoms. The van der Waals surface area contributed by atoms with Crippen molar-refractivity contribution in [3.05, 3.63) is 35.2 Å². The lowest BCUT2D eigenvalue weighted by Gasteiger charge is -2.19. The number of fused-ring (bicyclic) bond motifs is 1. The van der Waals surface area contributed by atoms with Gasteiger partial charge in [-0.25, -0.2) is 9.18 Å². The van der Waals surface area contributed by atoms with Gasteiger partial charge in [-0.2, -0.15) is 0 Å². The van der Waals surface area contributed by atoms with Crippen LogP contribution in [-0.4, -0.2) is 16.3 Å². The predicted octanol–water partition coefficient (Wildman–Crippen LogP) is 4.22. The summed E-state index contributed by atoms with van der Waals surface area (Å²) >= 11 is 5.96. The van der Waals surface area contributed by atoms with E-state index in [9.17, 15) is 9.18 Å². The summed E-state index contributed by atoms with van der Waals surface area (Å²) < 4.78 is 19.7. The second kappa shape index (κ2) is 4.28. The minimum absolute atomic E-state index is 0.181. The number of hydrogen-bond donors (Lipinski definition) is 0. The molecule has 1 aromatic heterocycles. The van der Waals surface area contributed by atoms with Gasteiger partial charge in [0.25, 0.3) is 0 Å². The Morgan fingerprint density at radius 2 is 2.06 bits per heavy atom. The molecule has 0 saturated heterocycles. The van der Waals surface area contributed by atoms with Gasteiger partial charge in [-0.05, 0) is 39.0 Å². The number of rotatable bonds is 0. The molecule has 0 aliphatic heterocycles. The summed E-state index contributed by atoms with van der Waals surface area (Å²) in [6, 6.07) is 4.11. The van der Waals surface area contributed by atoms with Gasteiger partial charge in [0.05, 0.1) is 10.5 Å². The fraction of sp³-hybridized carbons (Fsp3) is 0.308. The monoisotopic (exact) mass is 269 g/mol. The summed E-state index contributed by atoms with van der Waals surface area (Å²) in [5.74, 6) is -0.436. The number of halogens is 2. The van der Waals surface area contributed by atoms with E-state index in [0.29, 0.717) is 10.9 Å². The lowest BCUT2D eigenvalue weighted by Crippen LogP contribution is -2.26. The van der Waals surface area contributed by atoms with E-state index in [2.05, 4.69) is 0 Å². The third-order valence-electron chi connectivity index (χ3n) is 2.29. The smallest absolute Gasteiger partial charge is 0.419 e. The zero-order chi connectivity index (χ0) is 13.5. The Bertz CT molecular complexity index is 613. The Kier molecular flexibility index (Phi) is 3.07. The Balaban J connectivity index is 2.50. The maximum atomic E-state index is 13.2. The van der Waals surface area contributed by atoms with Gasteiger partial charge in [-0.3, -0.25) is 4.57 Å². The van der Waals surface area contributed by atoms with Crippen LogP contribution >= 0.6 is 11.6 Å². The highest BCUT2D eigenvalue weighted by molar-refractivity contribution is 6.35. The molecular weight excluding hydrogens is 257 g/mol. The van der Waals surface area contributed by atoms with Crippen molar-refractivity contribution in [2.24, 2.45) is 0 Å². The molecule has 0 bridgehead atoms. The summed E-state index contributed by atoms with van der Waals surface area (Å²) in [6.45, 7) is 5.33.